The van der Waals surface area contributed by atoms with Crippen molar-refractivity contribution < 1.29 is 17.9 Å². The fraction of sp³-hybridized carbons (Fsp3) is 0.611. The van der Waals surface area contributed by atoms with E-state index in [1.807, 2.05) is 0 Å². The quantitative estimate of drug-likeness (QED) is 0.729. The molecule has 1 aliphatic carbocycles. The van der Waals surface area contributed by atoms with Crippen molar-refractivity contribution in [3.63, 3.8) is 0 Å². The van der Waals surface area contributed by atoms with Crippen LogP contribution in [-0.2, 0) is 14.6 Å². The van der Waals surface area contributed by atoms with Gasteiger partial charge in [0.15, 0.2) is 22.2 Å². The predicted octanol–water partition coefficient (Wildman–Crippen LogP) is 3.72. The molecule has 1 aromatic rings. The Labute approximate surface area is 164 Å². The number of rotatable bonds is 5. The molecule has 1 saturated carbocycles. The van der Waals surface area contributed by atoms with Crippen molar-refractivity contribution in [3.05, 3.63) is 28.2 Å². The van der Waals surface area contributed by atoms with Crippen molar-refractivity contribution in [2.45, 2.75) is 50.6 Å². The maximum Gasteiger partial charge on any atom is 0.261 e. The van der Waals surface area contributed by atoms with Gasteiger partial charge in [-0.05, 0) is 31.4 Å². The van der Waals surface area contributed by atoms with E-state index < -0.39 is 9.84 Å². The van der Waals surface area contributed by atoms with E-state index in [2.05, 4.69) is 0 Å². The lowest BCUT2D eigenvalue weighted by Gasteiger charge is -2.38. The first-order valence-electron chi connectivity index (χ1n) is 8.96. The Morgan fingerprint density at radius 2 is 1.73 bits per heavy atom. The van der Waals surface area contributed by atoms with Gasteiger partial charge in [0.25, 0.3) is 5.91 Å². The van der Waals surface area contributed by atoms with Crippen LogP contribution in [-0.4, -0.2) is 49.4 Å². The van der Waals surface area contributed by atoms with Crippen LogP contribution in [0.15, 0.2) is 18.2 Å². The Kier molecular flexibility index (Phi) is 6.36. The summed E-state index contributed by atoms with van der Waals surface area (Å²) in [6.45, 7) is -0.198. The summed E-state index contributed by atoms with van der Waals surface area (Å²) in [4.78, 5) is 14.7. The molecule has 8 heteroatoms. The molecule has 3 rings (SSSR count). The average Bonchev–Trinajstić information content (AvgIpc) is 2.95. The van der Waals surface area contributed by atoms with Gasteiger partial charge in [0, 0.05) is 12.1 Å². The Hall–Kier alpha value is -0.980. The molecule has 1 saturated heterocycles. The van der Waals surface area contributed by atoms with E-state index in [0.717, 1.165) is 32.1 Å². The highest BCUT2D eigenvalue weighted by Crippen LogP contribution is 2.33. The van der Waals surface area contributed by atoms with Crippen molar-refractivity contribution in [1.82, 2.24) is 4.90 Å². The van der Waals surface area contributed by atoms with Gasteiger partial charge in [-0.25, -0.2) is 8.42 Å². The molecule has 0 radical (unpaired) electrons. The van der Waals surface area contributed by atoms with Gasteiger partial charge in [-0.1, -0.05) is 48.5 Å². The fourth-order valence-corrected chi connectivity index (χ4v) is 6.11. The van der Waals surface area contributed by atoms with Gasteiger partial charge >= 0.3 is 0 Å². The van der Waals surface area contributed by atoms with Crippen molar-refractivity contribution in [1.29, 1.82) is 0 Å². The number of halogens is 2. The van der Waals surface area contributed by atoms with E-state index in [4.69, 9.17) is 27.9 Å². The Morgan fingerprint density at radius 1 is 1.08 bits per heavy atom. The molecule has 0 aromatic heterocycles. The lowest BCUT2D eigenvalue weighted by atomic mass is 9.93. The van der Waals surface area contributed by atoms with Crippen LogP contribution < -0.4 is 4.74 Å². The first-order chi connectivity index (χ1) is 12.4. The van der Waals surface area contributed by atoms with Crippen LogP contribution in [0.3, 0.4) is 0 Å². The third-order valence-electron chi connectivity index (χ3n) is 5.12. The van der Waals surface area contributed by atoms with Crippen molar-refractivity contribution in [2.24, 2.45) is 0 Å². The number of carbonyl (C=O) groups excluding carboxylic acids is 1. The molecular formula is C18H23Cl2NO4S. The summed E-state index contributed by atoms with van der Waals surface area (Å²) >= 11 is 12.2. The van der Waals surface area contributed by atoms with Crippen LogP contribution in [0.1, 0.15) is 38.5 Å². The SMILES string of the molecule is O=C(COc1c(Cl)cccc1Cl)N(C1CCCCC1)C1CCS(=O)(=O)C1. The first-order valence-corrected chi connectivity index (χ1v) is 11.5. The number of amides is 1. The van der Waals surface area contributed by atoms with Crippen LogP contribution in [0.2, 0.25) is 10.0 Å². The van der Waals surface area contributed by atoms with E-state index >= 15 is 0 Å². The second kappa shape index (κ2) is 8.36. The van der Waals surface area contributed by atoms with Gasteiger partial charge in [-0.15, -0.1) is 0 Å². The number of hydrogen-bond acceptors (Lipinski definition) is 4. The maximum absolute atomic E-state index is 13.0. The van der Waals surface area contributed by atoms with Gasteiger partial charge in [0.05, 0.1) is 21.6 Å². The molecule has 1 amide bonds. The zero-order valence-corrected chi connectivity index (χ0v) is 16.8. The number of sulfone groups is 1. The third-order valence-corrected chi connectivity index (χ3v) is 7.46. The number of ether oxygens (including phenoxy) is 1. The number of benzene rings is 1. The second-order valence-corrected chi connectivity index (χ2v) is 10.0. The second-order valence-electron chi connectivity index (χ2n) is 6.99. The number of carbonyl (C=O) groups is 1. The molecule has 2 fully saturated rings. The molecule has 5 nitrogen and oxygen atoms in total. The van der Waals surface area contributed by atoms with Gasteiger partial charge in [0.2, 0.25) is 0 Å². The molecular weight excluding hydrogens is 397 g/mol. The van der Waals surface area contributed by atoms with E-state index in [0.29, 0.717) is 16.5 Å². The molecule has 1 unspecified atom stereocenters. The molecule has 1 heterocycles. The molecule has 1 aliphatic heterocycles. The van der Waals surface area contributed by atoms with E-state index in [1.54, 1.807) is 23.1 Å². The van der Waals surface area contributed by atoms with Gasteiger partial charge in [0.1, 0.15) is 0 Å². The Balaban J connectivity index is 1.74. The van der Waals surface area contributed by atoms with Gasteiger partial charge < -0.3 is 9.64 Å². The summed E-state index contributed by atoms with van der Waals surface area (Å²) in [5.41, 5.74) is 0. The third kappa shape index (κ3) is 4.65. The van der Waals surface area contributed by atoms with Crippen molar-refractivity contribution >= 4 is 38.9 Å². The number of nitrogens with zero attached hydrogens (tertiary/aromatic N) is 1. The monoisotopic (exact) mass is 419 g/mol. The summed E-state index contributed by atoms with van der Waals surface area (Å²) in [5.74, 6) is 0.273. The van der Waals surface area contributed by atoms with Gasteiger partial charge in [-0.3, -0.25) is 4.79 Å². The predicted molar refractivity (Wildman–Crippen MR) is 103 cm³/mol. The molecule has 26 heavy (non-hydrogen) atoms. The molecule has 0 spiro atoms. The van der Waals surface area contributed by atoms with Crippen molar-refractivity contribution in [2.75, 3.05) is 18.1 Å². The normalized spacial score (nSPS) is 22.9. The topological polar surface area (TPSA) is 63.7 Å². The lowest BCUT2D eigenvalue weighted by molar-refractivity contribution is -0.138. The Bertz CT molecular complexity index is 742. The van der Waals surface area contributed by atoms with Crippen molar-refractivity contribution in [3.8, 4) is 5.75 Å². The standard InChI is InChI=1S/C18H23Cl2NO4S/c19-15-7-4-8-16(20)18(15)25-11-17(22)21(13-5-2-1-3-6-13)14-9-10-26(23,24)12-14/h4,7-8,13-14H,1-3,5-6,9-12H2. The molecule has 2 aliphatic rings. The number of para-hydroxylation sites is 1. The van der Waals surface area contributed by atoms with Crippen LogP contribution >= 0.6 is 23.2 Å². The maximum atomic E-state index is 13.0. The summed E-state index contributed by atoms with van der Waals surface area (Å²) in [6.07, 6.45) is 5.60. The minimum atomic E-state index is -3.07. The fourth-order valence-electron chi connectivity index (χ4n) is 3.89. The summed E-state index contributed by atoms with van der Waals surface area (Å²) < 4.78 is 29.4. The smallest absolute Gasteiger partial charge is 0.261 e. The molecule has 1 aromatic carbocycles. The minimum absolute atomic E-state index is 0.0437. The van der Waals surface area contributed by atoms with Crippen LogP contribution in [0.5, 0.6) is 5.75 Å². The molecule has 1 atom stereocenters. The summed E-state index contributed by atoms with van der Waals surface area (Å²) in [7, 11) is -3.07. The van der Waals surface area contributed by atoms with E-state index in [9.17, 15) is 13.2 Å². The lowest BCUT2D eigenvalue weighted by Crippen LogP contribution is -2.50. The van der Waals surface area contributed by atoms with E-state index in [-0.39, 0.29) is 41.9 Å². The van der Waals surface area contributed by atoms with Gasteiger partial charge in [-0.2, -0.15) is 0 Å². The highest BCUT2D eigenvalue weighted by Gasteiger charge is 2.38. The van der Waals surface area contributed by atoms with Crippen LogP contribution in [0.25, 0.3) is 0 Å². The summed E-state index contributed by atoms with van der Waals surface area (Å²) in [6, 6.07) is 4.82. The van der Waals surface area contributed by atoms with Crippen LogP contribution in [0, 0.1) is 0 Å². The molecule has 0 N–H and O–H groups in total. The van der Waals surface area contributed by atoms with Crippen LogP contribution in [0.4, 0.5) is 0 Å². The number of hydrogen-bond donors (Lipinski definition) is 0. The zero-order valence-electron chi connectivity index (χ0n) is 14.5. The highest BCUT2D eigenvalue weighted by atomic mass is 35.5. The first kappa shape index (κ1) is 19.8. The largest absolute Gasteiger partial charge is 0.481 e. The summed E-state index contributed by atoms with van der Waals surface area (Å²) in [5, 5.41) is 0.691. The van der Waals surface area contributed by atoms with E-state index in [1.165, 1.54) is 0 Å². The zero-order chi connectivity index (χ0) is 18.7. The Morgan fingerprint density at radius 3 is 2.31 bits per heavy atom. The minimum Gasteiger partial charge on any atom is -0.481 e. The molecule has 0 bridgehead atoms. The molecule has 144 valence electrons. The average molecular weight is 420 g/mol. The highest BCUT2D eigenvalue weighted by molar-refractivity contribution is 7.91.